The Kier molecular flexibility index (Phi) is 4.00. The van der Waals surface area contributed by atoms with Crippen LogP contribution in [-0.4, -0.2) is 34.9 Å². The zero-order valence-electron chi connectivity index (χ0n) is 13.6. The van der Waals surface area contributed by atoms with Gasteiger partial charge in [0.1, 0.15) is 17.4 Å². The van der Waals surface area contributed by atoms with Crippen LogP contribution in [0.25, 0.3) is 10.9 Å². The van der Waals surface area contributed by atoms with Gasteiger partial charge >= 0.3 is 6.09 Å². The van der Waals surface area contributed by atoms with Gasteiger partial charge in [0.05, 0.1) is 0 Å². The van der Waals surface area contributed by atoms with Crippen LogP contribution in [0.15, 0.2) is 30.5 Å². The Morgan fingerprint density at radius 3 is 2.50 bits per heavy atom. The van der Waals surface area contributed by atoms with Crippen LogP contribution in [0.5, 0.6) is 0 Å². The number of H-pyrrole nitrogens is 1. The number of benzene rings is 1. The first kappa shape index (κ1) is 16.1. The lowest BCUT2D eigenvalue weighted by Crippen LogP contribution is -2.48. The Morgan fingerprint density at radius 2 is 1.91 bits per heavy atom. The van der Waals surface area contributed by atoms with E-state index in [1.807, 2.05) is 30.5 Å². The SMILES string of the molecule is CN(C(=O)OC(C)(C)C)C(C)(C=O)c1ccc2[nH]ccc2c1. The first-order chi connectivity index (χ1) is 10.2. The number of aromatic nitrogens is 1. The minimum Gasteiger partial charge on any atom is -0.444 e. The Bertz CT molecular complexity index is 699. The van der Waals surface area contributed by atoms with Crippen LogP contribution in [0.1, 0.15) is 33.3 Å². The number of rotatable bonds is 3. The highest BCUT2D eigenvalue weighted by Gasteiger charge is 2.36. The van der Waals surface area contributed by atoms with Gasteiger partial charge in [-0.2, -0.15) is 0 Å². The van der Waals surface area contributed by atoms with Crippen LogP contribution in [0.3, 0.4) is 0 Å². The number of nitrogens with zero attached hydrogens (tertiary/aromatic N) is 1. The largest absolute Gasteiger partial charge is 0.444 e. The van der Waals surface area contributed by atoms with E-state index in [1.54, 1.807) is 34.7 Å². The van der Waals surface area contributed by atoms with Gasteiger partial charge in [-0.05, 0) is 56.8 Å². The van der Waals surface area contributed by atoms with Gasteiger partial charge in [0, 0.05) is 18.8 Å². The Labute approximate surface area is 130 Å². The highest BCUT2D eigenvalue weighted by molar-refractivity contribution is 5.83. The second-order valence-electron chi connectivity index (χ2n) is 6.58. The molecule has 2 rings (SSSR count). The van der Waals surface area contributed by atoms with E-state index in [9.17, 15) is 9.59 Å². The first-order valence-electron chi connectivity index (χ1n) is 7.18. The lowest BCUT2D eigenvalue weighted by molar-refractivity contribution is -0.117. The molecule has 0 aliphatic heterocycles. The van der Waals surface area contributed by atoms with E-state index in [2.05, 4.69) is 4.98 Å². The second kappa shape index (κ2) is 5.48. The first-order valence-corrected chi connectivity index (χ1v) is 7.18. The molecule has 118 valence electrons. The molecule has 0 saturated heterocycles. The average Bonchev–Trinajstić information content (AvgIpc) is 2.91. The number of aromatic amines is 1. The maximum Gasteiger partial charge on any atom is 0.411 e. The maximum atomic E-state index is 12.3. The molecule has 1 heterocycles. The van der Waals surface area contributed by atoms with Crippen molar-refractivity contribution in [2.75, 3.05) is 7.05 Å². The molecule has 0 radical (unpaired) electrons. The van der Waals surface area contributed by atoms with Crippen LogP contribution < -0.4 is 0 Å². The van der Waals surface area contributed by atoms with Crippen molar-refractivity contribution < 1.29 is 14.3 Å². The topological polar surface area (TPSA) is 62.4 Å². The van der Waals surface area contributed by atoms with Crippen molar-refractivity contribution in [3.05, 3.63) is 36.0 Å². The number of aldehydes is 1. The number of fused-ring (bicyclic) bond motifs is 1. The molecule has 0 bridgehead atoms. The van der Waals surface area contributed by atoms with Crippen LogP contribution in [0.4, 0.5) is 4.79 Å². The fourth-order valence-electron chi connectivity index (χ4n) is 2.23. The van der Waals surface area contributed by atoms with Gasteiger partial charge < -0.3 is 14.5 Å². The van der Waals surface area contributed by atoms with Gasteiger partial charge in [-0.3, -0.25) is 4.90 Å². The molecular formula is C17H22N2O3. The Morgan fingerprint density at radius 1 is 1.23 bits per heavy atom. The fourth-order valence-corrected chi connectivity index (χ4v) is 2.23. The quantitative estimate of drug-likeness (QED) is 0.883. The number of hydrogen-bond donors (Lipinski definition) is 1. The summed E-state index contributed by atoms with van der Waals surface area (Å²) in [4.78, 5) is 28.5. The minimum atomic E-state index is -1.09. The average molecular weight is 302 g/mol. The number of likely N-dealkylation sites (N-methyl/N-ethyl adjacent to an activating group) is 1. The highest BCUT2D eigenvalue weighted by atomic mass is 16.6. The van der Waals surface area contributed by atoms with Gasteiger partial charge in [0.15, 0.2) is 0 Å². The van der Waals surface area contributed by atoms with Crippen molar-refractivity contribution in [3.63, 3.8) is 0 Å². The summed E-state index contributed by atoms with van der Waals surface area (Å²) in [7, 11) is 1.57. The predicted molar refractivity (Wildman–Crippen MR) is 85.7 cm³/mol. The summed E-state index contributed by atoms with van der Waals surface area (Å²) in [6.45, 7) is 7.09. The monoisotopic (exact) mass is 302 g/mol. The third-order valence-corrected chi connectivity index (χ3v) is 3.73. The van der Waals surface area contributed by atoms with Gasteiger partial charge in [0.25, 0.3) is 0 Å². The molecule has 1 aromatic heterocycles. The van der Waals surface area contributed by atoms with Crippen molar-refractivity contribution in [2.45, 2.75) is 38.8 Å². The number of nitrogens with one attached hydrogen (secondary N) is 1. The highest BCUT2D eigenvalue weighted by Crippen LogP contribution is 2.29. The predicted octanol–water partition coefficient (Wildman–Crippen LogP) is 3.45. The molecule has 1 atom stereocenters. The van der Waals surface area contributed by atoms with Gasteiger partial charge in [-0.15, -0.1) is 0 Å². The molecule has 1 amide bonds. The van der Waals surface area contributed by atoms with Crippen LogP contribution >= 0.6 is 0 Å². The number of amides is 1. The van der Waals surface area contributed by atoms with E-state index in [0.717, 1.165) is 22.8 Å². The number of ether oxygens (including phenoxy) is 1. The van der Waals surface area contributed by atoms with Crippen molar-refractivity contribution in [1.29, 1.82) is 0 Å². The summed E-state index contributed by atoms with van der Waals surface area (Å²) in [6, 6.07) is 7.57. The summed E-state index contributed by atoms with van der Waals surface area (Å²) in [5, 5.41) is 0.989. The van der Waals surface area contributed by atoms with E-state index in [4.69, 9.17) is 4.74 Å². The number of hydrogen-bond acceptors (Lipinski definition) is 3. The van der Waals surface area contributed by atoms with Crippen LogP contribution in [0, 0.1) is 0 Å². The zero-order chi connectivity index (χ0) is 16.5. The van der Waals surface area contributed by atoms with Gasteiger partial charge in [0.2, 0.25) is 0 Å². The molecule has 5 heteroatoms. The van der Waals surface area contributed by atoms with Crippen LogP contribution in [0.2, 0.25) is 0 Å². The lowest BCUT2D eigenvalue weighted by atomic mass is 9.91. The third kappa shape index (κ3) is 2.98. The lowest BCUT2D eigenvalue weighted by Gasteiger charge is -2.35. The Hall–Kier alpha value is -2.30. The molecule has 22 heavy (non-hydrogen) atoms. The van der Waals surface area contributed by atoms with Crippen molar-refractivity contribution >= 4 is 23.3 Å². The summed E-state index contributed by atoms with van der Waals surface area (Å²) in [6.07, 6.45) is 2.07. The van der Waals surface area contributed by atoms with E-state index >= 15 is 0 Å². The third-order valence-electron chi connectivity index (χ3n) is 3.73. The molecule has 5 nitrogen and oxygen atoms in total. The summed E-state index contributed by atoms with van der Waals surface area (Å²) in [5.41, 5.74) is 0.0212. The molecule has 2 aromatic rings. The van der Waals surface area contributed by atoms with E-state index in [-0.39, 0.29) is 0 Å². The molecule has 0 aliphatic rings. The molecule has 0 fully saturated rings. The standard InChI is InChI=1S/C17H22N2O3/c1-16(2,3)22-15(21)19(5)17(4,11-20)13-6-7-14-12(10-13)8-9-18-14/h6-11,18H,1-5H3. The molecule has 0 saturated carbocycles. The molecular weight excluding hydrogens is 280 g/mol. The molecule has 0 aliphatic carbocycles. The van der Waals surface area contributed by atoms with Crippen molar-refractivity contribution in [2.24, 2.45) is 0 Å². The van der Waals surface area contributed by atoms with E-state index in [1.165, 1.54) is 4.90 Å². The molecule has 1 aromatic carbocycles. The van der Waals surface area contributed by atoms with Gasteiger partial charge in [-0.1, -0.05) is 6.07 Å². The summed E-state index contributed by atoms with van der Waals surface area (Å²) in [5.74, 6) is 0. The maximum absolute atomic E-state index is 12.3. The number of carbonyl (C=O) groups excluding carboxylic acids is 2. The van der Waals surface area contributed by atoms with Crippen molar-refractivity contribution in [1.82, 2.24) is 9.88 Å². The normalized spacial score (nSPS) is 14.4. The molecule has 1 unspecified atom stereocenters. The van der Waals surface area contributed by atoms with Gasteiger partial charge in [-0.25, -0.2) is 4.79 Å². The fraction of sp³-hybridized carbons (Fsp3) is 0.412. The second-order valence-corrected chi connectivity index (χ2v) is 6.58. The Balaban J connectivity index is 2.38. The van der Waals surface area contributed by atoms with Crippen LogP contribution in [-0.2, 0) is 15.1 Å². The summed E-state index contributed by atoms with van der Waals surface area (Å²) >= 11 is 0. The molecule has 1 N–H and O–H groups in total. The zero-order valence-corrected chi connectivity index (χ0v) is 13.6. The smallest absolute Gasteiger partial charge is 0.411 e. The number of carbonyl (C=O) groups is 2. The summed E-state index contributed by atoms with van der Waals surface area (Å²) < 4.78 is 5.36. The minimum absolute atomic E-state index is 0.531. The van der Waals surface area contributed by atoms with E-state index < -0.39 is 17.2 Å². The molecule has 0 spiro atoms. The van der Waals surface area contributed by atoms with E-state index in [0.29, 0.717) is 0 Å². The van der Waals surface area contributed by atoms with Crippen molar-refractivity contribution in [3.8, 4) is 0 Å².